The van der Waals surface area contributed by atoms with Gasteiger partial charge in [-0.25, -0.2) is 9.18 Å². The number of halogens is 3. The molecule has 0 unspecified atom stereocenters. The smallest absolute Gasteiger partial charge is 0.251 e. The van der Waals surface area contributed by atoms with Gasteiger partial charge in [0.1, 0.15) is 11.5 Å². The van der Waals surface area contributed by atoms with Gasteiger partial charge >= 0.3 is 5.69 Å². The Kier molecular flexibility index (Phi) is 3.85. The van der Waals surface area contributed by atoms with Gasteiger partial charge in [0.2, 0.25) is 0 Å². The van der Waals surface area contributed by atoms with Gasteiger partial charge in [-0.15, -0.1) is 0 Å². The Bertz CT molecular complexity index is 610. The van der Waals surface area contributed by atoms with Gasteiger partial charge in [-0.2, -0.15) is 9.36 Å². The molecule has 0 spiro atoms. The quantitative estimate of drug-likeness (QED) is 0.862. The Morgan fingerprint density at radius 3 is 2.78 bits per heavy atom. The van der Waals surface area contributed by atoms with Crippen molar-refractivity contribution in [3.05, 3.63) is 39.0 Å². The number of aromatic nitrogens is 4. The van der Waals surface area contributed by atoms with Crippen molar-refractivity contribution in [3.8, 4) is 5.69 Å². The third kappa shape index (κ3) is 2.47. The van der Waals surface area contributed by atoms with Crippen LogP contribution >= 0.6 is 15.9 Å². The van der Waals surface area contributed by atoms with Crippen LogP contribution in [0.2, 0.25) is 0 Å². The molecule has 0 saturated heterocycles. The van der Waals surface area contributed by atoms with Crippen LogP contribution in [0.5, 0.6) is 0 Å². The first kappa shape index (κ1) is 12.9. The minimum absolute atomic E-state index is 0.00898. The van der Waals surface area contributed by atoms with Gasteiger partial charge in [-0.05, 0) is 35.0 Å². The van der Waals surface area contributed by atoms with Crippen molar-refractivity contribution in [1.29, 1.82) is 0 Å². The van der Waals surface area contributed by atoms with E-state index >= 15 is 0 Å². The molecule has 2 rings (SSSR count). The lowest BCUT2D eigenvalue weighted by molar-refractivity contribution is 0.427. The number of alkyl halides is 1. The van der Waals surface area contributed by atoms with Crippen molar-refractivity contribution in [2.75, 3.05) is 6.67 Å². The van der Waals surface area contributed by atoms with Crippen LogP contribution in [0.4, 0.5) is 8.78 Å². The molecule has 0 aliphatic heterocycles. The second-order valence-electron chi connectivity index (χ2n) is 3.53. The number of hydrogen-bond donors (Lipinski definition) is 0. The highest BCUT2D eigenvalue weighted by Crippen LogP contribution is 2.16. The molecule has 0 bridgehead atoms. The zero-order chi connectivity index (χ0) is 13.1. The van der Waals surface area contributed by atoms with Gasteiger partial charge in [-0.3, -0.25) is 4.39 Å². The maximum atomic E-state index is 13.7. The Hall–Kier alpha value is -1.57. The normalized spacial score (nSPS) is 10.8. The summed E-state index contributed by atoms with van der Waals surface area (Å²) in [6, 6.07) is 4.22. The summed E-state index contributed by atoms with van der Waals surface area (Å²) in [6.07, 6.45) is 0.168. The van der Waals surface area contributed by atoms with Crippen LogP contribution in [0.1, 0.15) is 6.42 Å². The predicted molar refractivity (Wildman–Crippen MR) is 63.9 cm³/mol. The van der Waals surface area contributed by atoms with Crippen molar-refractivity contribution in [2.24, 2.45) is 0 Å². The largest absolute Gasteiger partial charge is 0.368 e. The number of benzene rings is 1. The maximum absolute atomic E-state index is 13.7. The summed E-state index contributed by atoms with van der Waals surface area (Å²) in [5, 5.41) is 7.13. The number of aryl methyl sites for hydroxylation is 1. The van der Waals surface area contributed by atoms with E-state index in [0.717, 1.165) is 9.36 Å². The van der Waals surface area contributed by atoms with E-state index in [1.165, 1.54) is 12.1 Å². The van der Waals surface area contributed by atoms with E-state index in [0.29, 0.717) is 4.47 Å². The van der Waals surface area contributed by atoms with Gasteiger partial charge in [-0.1, -0.05) is 15.9 Å². The summed E-state index contributed by atoms with van der Waals surface area (Å²) < 4.78 is 28.1. The number of tetrazole rings is 1. The first-order valence-corrected chi connectivity index (χ1v) is 5.97. The highest BCUT2D eigenvalue weighted by Gasteiger charge is 2.12. The Balaban J connectivity index is 2.39. The molecule has 0 aliphatic carbocycles. The summed E-state index contributed by atoms with van der Waals surface area (Å²) in [5.41, 5.74) is -0.584. The van der Waals surface area contributed by atoms with Crippen LogP contribution in [-0.4, -0.2) is 26.5 Å². The fourth-order valence-corrected chi connectivity index (χ4v) is 1.76. The van der Waals surface area contributed by atoms with Crippen LogP contribution < -0.4 is 5.69 Å². The molecule has 5 nitrogen and oxygen atoms in total. The van der Waals surface area contributed by atoms with Gasteiger partial charge in [0.15, 0.2) is 0 Å². The molecule has 1 aromatic heterocycles. The van der Waals surface area contributed by atoms with Gasteiger partial charge in [0, 0.05) is 4.47 Å². The summed E-state index contributed by atoms with van der Waals surface area (Å²) in [5.74, 6) is -0.594. The Morgan fingerprint density at radius 1 is 1.33 bits per heavy atom. The molecule has 0 atom stereocenters. The van der Waals surface area contributed by atoms with E-state index in [9.17, 15) is 13.6 Å². The summed E-state index contributed by atoms with van der Waals surface area (Å²) in [4.78, 5) is 11.8. The molecule has 0 amide bonds. The minimum Gasteiger partial charge on any atom is -0.251 e. The molecule has 0 N–H and O–H groups in total. The monoisotopic (exact) mass is 318 g/mol. The molecule has 2 aromatic rings. The molecule has 0 fully saturated rings. The van der Waals surface area contributed by atoms with Crippen molar-refractivity contribution in [1.82, 2.24) is 19.8 Å². The number of nitrogens with zero attached hydrogens (tertiary/aromatic N) is 4. The molecular weight excluding hydrogens is 310 g/mol. The fraction of sp³-hybridized carbons (Fsp3) is 0.300. The zero-order valence-corrected chi connectivity index (χ0v) is 10.8. The average molecular weight is 319 g/mol. The van der Waals surface area contributed by atoms with Crippen LogP contribution in [0.3, 0.4) is 0 Å². The van der Waals surface area contributed by atoms with Crippen molar-refractivity contribution < 1.29 is 8.78 Å². The second kappa shape index (κ2) is 5.38. The zero-order valence-electron chi connectivity index (χ0n) is 9.18. The van der Waals surface area contributed by atoms with Crippen molar-refractivity contribution in [3.63, 3.8) is 0 Å². The highest BCUT2D eigenvalue weighted by atomic mass is 79.9. The van der Waals surface area contributed by atoms with Gasteiger partial charge in [0.25, 0.3) is 0 Å². The third-order valence-electron chi connectivity index (χ3n) is 2.28. The lowest BCUT2D eigenvalue weighted by Gasteiger charge is -2.00. The number of rotatable bonds is 4. The third-order valence-corrected chi connectivity index (χ3v) is 2.77. The molecule has 0 radical (unpaired) electrons. The first-order chi connectivity index (χ1) is 8.63. The summed E-state index contributed by atoms with van der Waals surface area (Å²) >= 11 is 3.12. The van der Waals surface area contributed by atoms with Crippen LogP contribution in [-0.2, 0) is 6.54 Å². The molecule has 8 heteroatoms. The van der Waals surface area contributed by atoms with E-state index in [2.05, 4.69) is 26.4 Å². The molecule has 0 saturated carbocycles. The topological polar surface area (TPSA) is 52.7 Å². The second-order valence-corrected chi connectivity index (χ2v) is 4.45. The van der Waals surface area contributed by atoms with Crippen LogP contribution in [0, 0.1) is 5.82 Å². The van der Waals surface area contributed by atoms with Crippen LogP contribution in [0.25, 0.3) is 5.69 Å². The van der Waals surface area contributed by atoms with Gasteiger partial charge in [0.05, 0.1) is 13.2 Å². The molecule has 18 heavy (non-hydrogen) atoms. The SMILES string of the molecule is O=c1n(CCCF)nnn1-c1ccc(Br)cc1F. The molecule has 0 aliphatic rings. The Morgan fingerprint density at radius 2 is 2.11 bits per heavy atom. The Labute approximate surface area is 109 Å². The molecule has 1 heterocycles. The molecular formula is C10H9BrF2N4O. The average Bonchev–Trinajstić information content (AvgIpc) is 2.68. The summed E-state index contributed by atoms with van der Waals surface area (Å²) in [6.45, 7) is -0.431. The van der Waals surface area contributed by atoms with Crippen molar-refractivity contribution >= 4 is 15.9 Å². The highest BCUT2D eigenvalue weighted by molar-refractivity contribution is 9.10. The summed E-state index contributed by atoms with van der Waals surface area (Å²) in [7, 11) is 0. The number of hydrogen-bond acceptors (Lipinski definition) is 3. The van der Waals surface area contributed by atoms with Gasteiger partial charge < -0.3 is 0 Å². The van der Waals surface area contributed by atoms with E-state index in [1.54, 1.807) is 6.07 Å². The minimum atomic E-state index is -0.594. The van der Waals surface area contributed by atoms with Crippen molar-refractivity contribution in [2.45, 2.75) is 13.0 Å². The maximum Gasteiger partial charge on any atom is 0.368 e. The lowest BCUT2D eigenvalue weighted by atomic mass is 10.3. The van der Waals surface area contributed by atoms with E-state index in [4.69, 9.17) is 0 Å². The fourth-order valence-electron chi connectivity index (χ4n) is 1.43. The molecule has 1 aromatic carbocycles. The van der Waals surface area contributed by atoms with E-state index < -0.39 is 18.2 Å². The first-order valence-electron chi connectivity index (χ1n) is 5.17. The van der Waals surface area contributed by atoms with E-state index in [1.807, 2.05) is 0 Å². The van der Waals surface area contributed by atoms with E-state index in [-0.39, 0.29) is 18.7 Å². The predicted octanol–water partition coefficient (Wildman–Crippen LogP) is 1.69. The molecule has 96 valence electrons. The standard InChI is InChI=1S/C10H9BrF2N4O/c11-7-2-3-9(8(13)6-7)17-10(18)16(14-15-17)5-1-4-12/h2-3,6H,1,4-5H2. The van der Waals surface area contributed by atoms with Crippen LogP contribution in [0.15, 0.2) is 27.5 Å². The lowest BCUT2D eigenvalue weighted by Crippen LogP contribution is -2.25.